The van der Waals surface area contributed by atoms with Crippen molar-refractivity contribution in [3.63, 3.8) is 0 Å². The van der Waals surface area contributed by atoms with Crippen molar-refractivity contribution in [3.05, 3.63) is 107 Å². The fourth-order valence-corrected chi connectivity index (χ4v) is 5.38. The van der Waals surface area contributed by atoms with E-state index in [4.69, 9.17) is 14.6 Å². The van der Waals surface area contributed by atoms with Crippen LogP contribution in [0.3, 0.4) is 0 Å². The van der Waals surface area contributed by atoms with Gasteiger partial charge in [-0.2, -0.15) is 13.2 Å². The SMILES string of the molecule is [2H]C([2H])([2H])c1cc(C)c(-c2nc3ccccc3n2-c2c(C([2H])(C)C)cccc2C([2H])(C)C)cc1-c1ccc(C([2H])([2H])C(C)(C)C(F)(F)F)cc1. The van der Waals surface area contributed by atoms with Gasteiger partial charge in [0.2, 0.25) is 0 Å². The first kappa shape index (κ1) is 22.6. The lowest BCUT2D eigenvalue weighted by Gasteiger charge is -2.27. The van der Waals surface area contributed by atoms with Gasteiger partial charge in [0.25, 0.3) is 0 Å². The number of nitrogens with zero attached hydrogens (tertiary/aromatic N) is 2. The molecular formula is C38H41F3N2. The lowest BCUT2D eigenvalue weighted by Crippen LogP contribution is -2.34. The molecule has 0 spiro atoms. The van der Waals surface area contributed by atoms with Crippen molar-refractivity contribution >= 4 is 11.0 Å². The Bertz CT molecular complexity index is 2030. The van der Waals surface area contributed by atoms with Crippen molar-refractivity contribution in [3.8, 4) is 28.2 Å². The zero-order valence-electron chi connectivity index (χ0n) is 32.5. The van der Waals surface area contributed by atoms with Crippen LogP contribution < -0.4 is 0 Å². The number of aromatic nitrogens is 2. The zero-order valence-corrected chi connectivity index (χ0v) is 25.5. The zero-order chi connectivity index (χ0) is 37.4. The molecule has 0 radical (unpaired) electrons. The van der Waals surface area contributed by atoms with Gasteiger partial charge >= 0.3 is 6.18 Å². The Labute approximate surface area is 263 Å². The average Bonchev–Trinajstić information content (AvgIpc) is 3.37. The Balaban J connectivity index is 1.83. The monoisotopic (exact) mass is 589 g/mol. The molecule has 43 heavy (non-hydrogen) atoms. The summed E-state index contributed by atoms with van der Waals surface area (Å²) >= 11 is 0. The molecule has 0 N–H and O–H groups in total. The number of aryl methyl sites for hydroxylation is 2. The minimum atomic E-state index is -4.82. The minimum absolute atomic E-state index is 0.0217. The van der Waals surface area contributed by atoms with Crippen LogP contribution in [0.1, 0.15) is 90.7 Å². The van der Waals surface area contributed by atoms with Gasteiger partial charge in [-0.3, -0.25) is 4.57 Å². The number of hydrogen-bond donors (Lipinski definition) is 0. The quantitative estimate of drug-likeness (QED) is 0.185. The highest BCUT2D eigenvalue weighted by Gasteiger charge is 2.46. The first-order valence-electron chi connectivity index (χ1n) is 17.7. The van der Waals surface area contributed by atoms with Gasteiger partial charge in [0.1, 0.15) is 5.82 Å². The largest absolute Gasteiger partial charge is 0.394 e. The Morgan fingerprint density at radius 1 is 0.837 bits per heavy atom. The van der Waals surface area contributed by atoms with Crippen LogP contribution in [0.4, 0.5) is 13.2 Å². The van der Waals surface area contributed by atoms with Crippen molar-refractivity contribution in [1.29, 1.82) is 0 Å². The van der Waals surface area contributed by atoms with Crippen LogP contribution >= 0.6 is 0 Å². The van der Waals surface area contributed by atoms with E-state index in [-0.39, 0.29) is 11.1 Å². The number of halogens is 3. The molecule has 0 saturated heterocycles. The van der Waals surface area contributed by atoms with E-state index in [0.29, 0.717) is 50.4 Å². The van der Waals surface area contributed by atoms with Gasteiger partial charge < -0.3 is 0 Å². The molecule has 0 aliphatic carbocycles. The van der Waals surface area contributed by atoms with E-state index >= 15 is 0 Å². The number of hydrogen-bond acceptors (Lipinski definition) is 1. The van der Waals surface area contributed by atoms with E-state index in [1.165, 1.54) is 24.3 Å². The van der Waals surface area contributed by atoms with Crippen LogP contribution in [0.2, 0.25) is 0 Å². The van der Waals surface area contributed by atoms with Gasteiger partial charge in [-0.05, 0) is 89.1 Å². The summed E-state index contributed by atoms with van der Waals surface area (Å²) in [4.78, 5) is 5.03. The van der Waals surface area contributed by atoms with Crippen molar-refractivity contribution in [2.75, 3.05) is 0 Å². The van der Waals surface area contributed by atoms with Crippen LogP contribution in [0.25, 0.3) is 39.2 Å². The fourth-order valence-electron chi connectivity index (χ4n) is 5.38. The summed E-state index contributed by atoms with van der Waals surface area (Å²) in [6.45, 7) is 7.98. The number of benzene rings is 4. The Hall–Kier alpha value is -3.86. The highest BCUT2D eigenvalue weighted by atomic mass is 19.4. The molecule has 5 rings (SSSR count). The number of alkyl halides is 3. The highest BCUT2D eigenvalue weighted by molar-refractivity contribution is 5.86. The molecule has 0 bridgehead atoms. The molecule has 5 heteroatoms. The van der Waals surface area contributed by atoms with E-state index in [0.717, 1.165) is 19.4 Å². The summed E-state index contributed by atoms with van der Waals surface area (Å²) in [7, 11) is 0. The molecule has 5 aromatic rings. The number of para-hydroxylation sites is 3. The van der Waals surface area contributed by atoms with Gasteiger partial charge in [-0.25, -0.2) is 4.98 Å². The molecule has 0 aliphatic heterocycles. The van der Waals surface area contributed by atoms with E-state index in [1.54, 1.807) is 46.8 Å². The third-order valence-electron chi connectivity index (χ3n) is 7.86. The van der Waals surface area contributed by atoms with Crippen LogP contribution in [-0.2, 0) is 6.37 Å². The smallest absolute Gasteiger partial charge is 0.292 e. The first-order valence-corrected chi connectivity index (χ1v) is 14.2. The molecule has 0 atom stereocenters. The third-order valence-corrected chi connectivity index (χ3v) is 7.86. The van der Waals surface area contributed by atoms with E-state index in [1.807, 2.05) is 47.0 Å². The lowest BCUT2D eigenvalue weighted by atomic mass is 9.84. The van der Waals surface area contributed by atoms with Gasteiger partial charge in [-0.15, -0.1) is 0 Å². The molecular weight excluding hydrogens is 541 g/mol. The maximum atomic E-state index is 13.9. The molecule has 0 fully saturated rings. The second-order valence-electron chi connectivity index (χ2n) is 12.0. The summed E-state index contributed by atoms with van der Waals surface area (Å²) in [5.74, 6) is -1.68. The van der Waals surface area contributed by atoms with Crippen LogP contribution in [0, 0.1) is 19.2 Å². The number of fused-ring (bicyclic) bond motifs is 1. The summed E-state index contributed by atoms with van der Waals surface area (Å²) in [6, 6.07) is 21.8. The van der Waals surface area contributed by atoms with Gasteiger partial charge in [0.15, 0.2) is 0 Å². The maximum absolute atomic E-state index is 13.9. The molecule has 1 heterocycles. The normalized spacial score (nSPS) is 16.1. The van der Waals surface area contributed by atoms with Gasteiger partial charge in [0.05, 0.1) is 22.1 Å². The highest BCUT2D eigenvalue weighted by Crippen LogP contribution is 2.42. The molecule has 1 aromatic heterocycles. The second kappa shape index (κ2) is 11.3. The Morgan fingerprint density at radius 3 is 2.05 bits per heavy atom. The summed E-state index contributed by atoms with van der Waals surface area (Å²) in [6.07, 6.45) is -7.59. The molecule has 0 aliphatic rings. The van der Waals surface area contributed by atoms with Crippen molar-refractivity contribution < 1.29 is 22.8 Å². The summed E-state index contributed by atoms with van der Waals surface area (Å²) < 4.78 is 104. The lowest BCUT2D eigenvalue weighted by molar-refractivity contribution is -0.211. The summed E-state index contributed by atoms with van der Waals surface area (Å²) in [5, 5.41) is 0. The standard InChI is InChI=1S/C38H41F3N2/c1-23(2)29-12-11-13-30(24(3)4)35(29)43-34-15-10-9-14-33(34)42-36(43)32-21-31(25(5)20-26(32)6)28-18-16-27(17-19-28)22-37(7,8)38(39,40)41/h9-21,23-24H,22H2,1-8H3/i5D3,22D2,23D,24D. The first-order chi connectivity index (χ1) is 22.8. The topological polar surface area (TPSA) is 17.8 Å². The van der Waals surface area contributed by atoms with E-state index in [9.17, 15) is 13.2 Å². The van der Waals surface area contributed by atoms with Gasteiger partial charge in [0, 0.05) is 15.2 Å². The molecule has 224 valence electrons. The van der Waals surface area contributed by atoms with E-state index < -0.39 is 36.6 Å². The molecule has 4 aromatic carbocycles. The summed E-state index contributed by atoms with van der Waals surface area (Å²) in [5.41, 5.74) is 2.34. The average molecular weight is 590 g/mol. The van der Waals surface area contributed by atoms with Crippen molar-refractivity contribution in [2.24, 2.45) is 5.41 Å². The van der Waals surface area contributed by atoms with E-state index in [2.05, 4.69) is 0 Å². The molecule has 0 saturated carbocycles. The van der Waals surface area contributed by atoms with Gasteiger partial charge in [-0.1, -0.05) is 102 Å². The Morgan fingerprint density at radius 2 is 1.47 bits per heavy atom. The predicted molar refractivity (Wildman–Crippen MR) is 173 cm³/mol. The Kier molecular flexibility index (Phi) is 5.97. The number of imidazole rings is 1. The molecule has 2 nitrogen and oxygen atoms in total. The van der Waals surface area contributed by atoms with Crippen molar-refractivity contribution in [2.45, 2.75) is 79.7 Å². The minimum Gasteiger partial charge on any atom is -0.292 e. The van der Waals surface area contributed by atoms with Crippen LogP contribution in [-0.4, -0.2) is 15.7 Å². The predicted octanol–water partition coefficient (Wildman–Crippen LogP) is 11.4. The van der Waals surface area contributed by atoms with Crippen LogP contribution in [0.15, 0.2) is 78.9 Å². The number of rotatable bonds is 7. The fraction of sp³-hybridized carbons (Fsp3) is 0.342. The molecule has 0 amide bonds. The second-order valence-corrected chi connectivity index (χ2v) is 12.0. The van der Waals surface area contributed by atoms with Crippen LogP contribution in [0.5, 0.6) is 0 Å². The van der Waals surface area contributed by atoms with Crippen molar-refractivity contribution in [1.82, 2.24) is 9.55 Å². The third kappa shape index (κ3) is 5.74. The maximum Gasteiger partial charge on any atom is 0.394 e. The molecule has 0 unspecified atom stereocenters.